The largest absolute Gasteiger partial charge is 0.495 e. The molecule has 1 atom stereocenters. The van der Waals surface area contributed by atoms with E-state index in [1.54, 1.807) is 19.1 Å². The van der Waals surface area contributed by atoms with Crippen LogP contribution in [0.3, 0.4) is 0 Å². The van der Waals surface area contributed by atoms with Crippen LogP contribution in [0.1, 0.15) is 18.1 Å². The first-order chi connectivity index (χ1) is 8.31. The molecule has 18 heavy (non-hydrogen) atoms. The molecule has 6 heteroatoms. The maximum atomic E-state index is 12.1. The van der Waals surface area contributed by atoms with Gasteiger partial charge in [-0.1, -0.05) is 0 Å². The molecule has 102 valence electrons. The smallest absolute Gasteiger partial charge is 0.244 e. The van der Waals surface area contributed by atoms with Crippen molar-refractivity contribution in [1.82, 2.24) is 4.72 Å². The van der Waals surface area contributed by atoms with Crippen LogP contribution < -0.4 is 9.46 Å². The molecule has 0 fully saturated rings. The Morgan fingerprint density at radius 2 is 1.89 bits per heavy atom. The second-order valence-electron chi connectivity index (χ2n) is 4.29. The quantitative estimate of drug-likeness (QED) is 0.838. The Kier molecular flexibility index (Phi) is 4.72. The highest BCUT2D eigenvalue weighted by molar-refractivity contribution is 7.89. The summed E-state index contributed by atoms with van der Waals surface area (Å²) in [6.45, 7) is 5.05. The standard InChI is InChI=1S/C12H19NO4S/c1-8-5-11(17-4)12(6-9(8)2)18(15,16)13-10(3)7-14/h5-6,10,13-14H,7H2,1-4H3/t10-/m0/s1. The van der Waals surface area contributed by atoms with Gasteiger partial charge >= 0.3 is 0 Å². The molecule has 1 aromatic rings. The highest BCUT2D eigenvalue weighted by Gasteiger charge is 2.22. The van der Waals surface area contributed by atoms with Crippen LogP contribution in [0.5, 0.6) is 5.75 Å². The molecule has 0 heterocycles. The van der Waals surface area contributed by atoms with Gasteiger partial charge in [0.2, 0.25) is 10.0 Å². The molecular weight excluding hydrogens is 254 g/mol. The van der Waals surface area contributed by atoms with Crippen molar-refractivity contribution in [2.75, 3.05) is 13.7 Å². The molecule has 0 saturated carbocycles. The third-order valence-electron chi connectivity index (χ3n) is 2.70. The van der Waals surface area contributed by atoms with E-state index < -0.39 is 16.1 Å². The maximum absolute atomic E-state index is 12.1. The van der Waals surface area contributed by atoms with Crippen LogP contribution in [0, 0.1) is 13.8 Å². The van der Waals surface area contributed by atoms with Gasteiger partial charge in [-0.15, -0.1) is 0 Å². The van der Waals surface area contributed by atoms with E-state index in [0.29, 0.717) is 5.75 Å². The zero-order valence-corrected chi connectivity index (χ0v) is 11.8. The lowest BCUT2D eigenvalue weighted by Crippen LogP contribution is -2.35. The zero-order valence-electron chi connectivity index (χ0n) is 11.0. The molecule has 0 aliphatic carbocycles. The first kappa shape index (κ1) is 14.9. The summed E-state index contributed by atoms with van der Waals surface area (Å²) in [5.41, 5.74) is 1.83. The molecule has 0 aromatic heterocycles. The maximum Gasteiger partial charge on any atom is 0.244 e. The molecule has 0 amide bonds. The van der Waals surface area contributed by atoms with Crippen molar-refractivity contribution in [2.45, 2.75) is 31.7 Å². The van der Waals surface area contributed by atoms with E-state index in [2.05, 4.69) is 4.72 Å². The van der Waals surface area contributed by atoms with E-state index in [-0.39, 0.29) is 11.5 Å². The van der Waals surface area contributed by atoms with Crippen LogP contribution in [0.2, 0.25) is 0 Å². The fourth-order valence-electron chi connectivity index (χ4n) is 1.50. The lowest BCUT2D eigenvalue weighted by molar-refractivity contribution is 0.265. The molecule has 0 saturated heterocycles. The highest BCUT2D eigenvalue weighted by Crippen LogP contribution is 2.27. The average molecular weight is 273 g/mol. The van der Waals surface area contributed by atoms with Crippen LogP contribution in [-0.4, -0.2) is 33.3 Å². The molecule has 0 bridgehead atoms. The van der Waals surface area contributed by atoms with E-state index >= 15 is 0 Å². The van der Waals surface area contributed by atoms with Gasteiger partial charge in [0.15, 0.2) is 0 Å². The lowest BCUT2D eigenvalue weighted by atomic mass is 10.1. The van der Waals surface area contributed by atoms with Crippen molar-refractivity contribution in [1.29, 1.82) is 0 Å². The number of hydrogen-bond donors (Lipinski definition) is 2. The van der Waals surface area contributed by atoms with Gasteiger partial charge in [-0.25, -0.2) is 13.1 Å². The minimum Gasteiger partial charge on any atom is -0.495 e. The first-order valence-electron chi connectivity index (χ1n) is 5.60. The third kappa shape index (κ3) is 3.22. The summed E-state index contributed by atoms with van der Waals surface area (Å²) in [6, 6.07) is 2.72. The number of benzene rings is 1. The Bertz CT molecular complexity index is 525. The van der Waals surface area contributed by atoms with Crippen molar-refractivity contribution in [2.24, 2.45) is 0 Å². The Labute approximate surface area is 108 Å². The van der Waals surface area contributed by atoms with Gasteiger partial charge in [0.25, 0.3) is 0 Å². The predicted molar refractivity (Wildman–Crippen MR) is 69.3 cm³/mol. The number of ether oxygens (including phenoxy) is 1. The zero-order chi connectivity index (χ0) is 13.9. The summed E-state index contributed by atoms with van der Waals surface area (Å²) in [7, 11) is -2.26. The minimum absolute atomic E-state index is 0.0911. The van der Waals surface area contributed by atoms with E-state index in [4.69, 9.17) is 9.84 Å². The Balaban J connectivity index is 3.27. The lowest BCUT2D eigenvalue weighted by Gasteiger charge is -2.15. The molecule has 0 aliphatic rings. The van der Waals surface area contributed by atoms with Gasteiger partial charge in [-0.05, 0) is 44.0 Å². The second kappa shape index (κ2) is 5.69. The van der Waals surface area contributed by atoms with Crippen LogP contribution in [0.15, 0.2) is 17.0 Å². The van der Waals surface area contributed by atoms with E-state index in [0.717, 1.165) is 11.1 Å². The van der Waals surface area contributed by atoms with Gasteiger partial charge in [0, 0.05) is 6.04 Å². The molecule has 0 radical (unpaired) electrons. The predicted octanol–water partition coefficient (Wildman–Crippen LogP) is 0.971. The van der Waals surface area contributed by atoms with Crippen molar-refractivity contribution < 1.29 is 18.3 Å². The van der Waals surface area contributed by atoms with Gasteiger partial charge in [0.05, 0.1) is 13.7 Å². The minimum atomic E-state index is -3.69. The Morgan fingerprint density at radius 3 is 2.39 bits per heavy atom. The molecule has 0 spiro atoms. The second-order valence-corrected chi connectivity index (χ2v) is 5.97. The summed E-state index contributed by atoms with van der Waals surface area (Å²) < 4.78 is 31.8. The van der Waals surface area contributed by atoms with Crippen LogP contribution in [0.4, 0.5) is 0 Å². The fraction of sp³-hybridized carbons (Fsp3) is 0.500. The normalized spacial score (nSPS) is 13.4. The molecular formula is C12H19NO4S. The summed E-state index contributed by atoms with van der Waals surface area (Å²) in [5, 5.41) is 8.91. The monoisotopic (exact) mass is 273 g/mol. The fourth-order valence-corrected chi connectivity index (χ4v) is 2.97. The van der Waals surface area contributed by atoms with Crippen LogP contribution in [0.25, 0.3) is 0 Å². The number of sulfonamides is 1. The van der Waals surface area contributed by atoms with Crippen LogP contribution in [-0.2, 0) is 10.0 Å². The van der Waals surface area contributed by atoms with Gasteiger partial charge in [0.1, 0.15) is 10.6 Å². The number of aliphatic hydroxyl groups excluding tert-OH is 1. The number of methoxy groups -OCH3 is 1. The van der Waals surface area contributed by atoms with Gasteiger partial charge in [-0.2, -0.15) is 0 Å². The number of aryl methyl sites for hydroxylation is 2. The number of nitrogens with one attached hydrogen (secondary N) is 1. The third-order valence-corrected chi connectivity index (χ3v) is 4.31. The Hall–Kier alpha value is -1.11. The molecule has 1 aromatic carbocycles. The number of rotatable bonds is 5. The summed E-state index contributed by atoms with van der Waals surface area (Å²) in [5.74, 6) is 0.302. The SMILES string of the molecule is COc1cc(C)c(C)cc1S(=O)(=O)N[C@@H](C)CO. The number of hydrogen-bond acceptors (Lipinski definition) is 4. The Morgan fingerprint density at radius 1 is 1.33 bits per heavy atom. The average Bonchev–Trinajstić information content (AvgIpc) is 2.31. The molecule has 1 rings (SSSR count). The van der Waals surface area contributed by atoms with E-state index in [1.807, 2.05) is 13.8 Å². The van der Waals surface area contributed by atoms with E-state index in [1.165, 1.54) is 7.11 Å². The van der Waals surface area contributed by atoms with Crippen molar-refractivity contribution in [3.63, 3.8) is 0 Å². The van der Waals surface area contributed by atoms with E-state index in [9.17, 15) is 8.42 Å². The molecule has 0 aliphatic heterocycles. The highest BCUT2D eigenvalue weighted by atomic mass is 32.2. The van der Waals surface area contributed by atoms with Gasteiger partial charge in [-0.3, -0.25) is 0 Å². The summed E-state index contributed by atoms with van der Waals surface area (Å²) in [6.07, 6.45) is 0. The topological polar surface area (TPSA) is 75.6 Å². The van der Waals surface area contributed by atoms with Crippen molar-refractivity contribution in [3.8, 4) is 5.75 Å². The first-order valence-corrected chi connectivity index (χ1v) is 7.08. The molecule has 2 N–H and O–H groups in total. The summed E-state index contributed by atoms with van der Waals surface area (Å²) in [4.78, 5) is 0.0911. The molecule has 5 nitrogen and oxygen atoms in total. The summed E-state index contributed by atoms with van der Waals surface area (Å²) >= 11 is 0. The molecule has 0 unspecified atom stereocenters. The van der Waals surface area contributed by atoms with Crippen molar-refractivity contribution >= 4 is 10.0 Å². The van der Waals surface area contributed by atoms with Crippen LogP contribution >= 0.6 is 0 Å². The number of aliphatic hydroxyl groups is 1. The van der Waals surface area contributed by atoms with Gasteiger partial charge < -0.3 is 9.84 Å². The van der Waals surface area contributed by atoms with Crippen molar-refractivity contribution in [3.05, 3.63) is 23.3 Å².